The van der Waals surface area contributed by atoms with Crippen LogP contribution in [0.1, 0.15) is 27.8 Å². The molecule has 18 aromatic rings. The Morgan fingerprint density at radius 2 is 0.638 bits per heavy atom. The van der Waals surface area contributed by atoms with E-state index >= 15 is 0 Å². The van der Waals surface area contributed by atoms with Crippen LogP contribution >= 0.6 is 0 Å². The van der Waals surface area contributed by atoms with Crippen LogP contribution in [0.15, 0.2) is 291 Å². The molecule has 0 N–H and O–H groups in total. The minimum atomic E-state index is -1.06. The molecular formula is C84H48N8O2. The van der Waals surface area contributed by atoms with Crippen molar-refractivity contribution in [2.45, 2.75) is 5.41 Å². The Hall–Kier alpha value is -13.0. The van der Waals surface area contributed by atoms with E-state index in [2.05, 4.69) is 272 Å². The van der Waals surface area contributed by atoms with E-state index in [0.29, 0.717) is 17.1 Å². The number of rotatable bonds is 5. The molecule has 0 unspecified atom stereocenters. The maximum absolute atomic E-state index is 10.2. The van der Waals surface area contributed by atoms with Crippen LogP contribution in [-0.2, 0) is 5.41 Å². The van der Waals surface area contributed by atoms with Crippen LogP contribution in [0.25, 0.3) is 121 Å². The molecular weight excluding hydrogens is 1150 g/mol. The van der Waals surface area contributed by atoms with Crippen LogP contribution in [0.2, 0.25) is 0 Å². The summed E-state index contributed by atoms with van der Waals surface area (Å²) >= 11 is 0. The second kappa shape index (κ2) is 18.8. The molecule has 10 heteroatoms. The summed E-state index contributed by atoms with van der Waals surface area (Å²) in [6, 6.07) is 102. The topological polar surface area (TPSA) is 91.0 Å². The van der Waals surface area contributed by atoms with Crippen molar-refractivity contribution in [1.29, 1.82) is 5.26 Å². The Morgan fingerprint density at radius 3 is 1.09 bits per heavy atom. The molecule has 0 radical (unpaired) electrons. The van der Waals surface area contributed by atoms with Gasteiger partial charge >= 0.3 is 0 Å². The first-order valence-corrected chi connectivity index (χ1v) is 31.7. The number of benzene rings is 12. The predicted octanol–water partition coefficient (Wildman–Crippen LogP) is 20.8. The fourth-order valence-corrected chi connectivity index (χ4v) is 16.3. The van der Waals surface area contributed by atoms with E-state index in [1.807, 2.05) is 48.8 Å². The van der Waals surface area contributed by atoms with E-state index in [-0.39, 0.29) is 0 Å². The van der Waals surface area contributed by atoms with Gasteiger partial charge in [0.1, 0.15) is 11.5 Å². The van der Waals surface area contributed by atoms with E-state index in [4.69, 9.17) is 19.4 Å². The molecule has 0 bridgehead atoms. The highest BCUT2D eigenvalue weighted by Crippen LogP contribution is 2.63. The summed E-state index contributed by atoms with van der Waals surface area (Å²) in [6.45, 7) is 0. The van der Waals surface area contributed by atoms with Gasteiger partial charge in [0.05, 0.1) is 108 Å². The smallest absolute Gasteiger partial charge is 0.151 e. The highest BCUT2D eigenvalue weighted by molar-refractivity contribution is 6.13. The lowest BCUT2D eigenvalue weighted by Gasteiger charge is -2.39. The molecule has 94 heavy (non-hydrogen) atoms. The fraction of sp³-hybridized carbons (Fsp3) is 0.0119. The van der Waals surface area contributed by atoms with Crippen LogP contribution in [0.3, 0.4) is 0 Å². The summed E-state index contributed by atoms with van der Waals surface area (Å²) in [6.07, 6.45) is 4.06. The Bertz CT molecular complexity index is 6120. The van der Waals surface area contributed by atoms with Crippen molar-refractivity contribution in [1.82, 2.24) is 28.2 Å². The van der Waals surface area contributed by atoms with Crippen molar-refractivity contribution in [2.75, 3.05) is 4.90 Å². The molecule has 0 saturated carbocycles. The van der Waals surface area contributed by atoms with E-state index in [1.54, 1.807) is 0 Å². The number of ether oxygens (including phenoxy) is 2. The SMILES string of the molecule is N#Cc1ccc2c(c1)c1ccccc1n2-c1ccc2c(c1)Oc1cc(-n3c4ccccc4c4cc(N5c6ccccc6Oc6ccccc65)ccc43)ccc1C21c2cc(-n3c4ccccc4c4ccccc43)cnc2-c2ncc(-n3c4ccccc4c4ccccc43)cc21. The second-order valence-electron chi connectivity index (χ2n) is 24.8. The van der Waals surface area contributed by atoms with Gasteiger partial charge in [0.25, 0.3) is 0 Å². The number of pyridine rings is 2. The predicted molar refractivity (Wildman–Crippen MR) is 376 cm³/mol. The minimum Gasteiger partial charge on any atom is -0.457 e. The first-order chi connectivity index (χ1) is 46.6. The largest absolute Gasteiger partial charge is 0.457 e. The first-order valence-electron chi connectivity index (χ1n) is 31.7. The van der Waals surface area contributed by atoms with Gasteiger partial charge in [-0.2, -0.15) is 5.26 Å². The number of para-hydroxylation sites is 10. The van der Waals surface area contributed by atoms with E-state index in [0.717, 1.165) is 151 Å². The molecule has 3 aliphatic rings. The zero-order chi connectivity index (χ0) is 61.5. The molecule has 0 atom stereocenters. The van der Waals surface area contributed by atoms with Gasteiger partial charge in [0.2, 0.25) is 0 Å². The van der Waals surface area contributed by atoms with Crippen molar-refractivity contribution in [3.63, 3.8) is 0 Å². The quantitative estimate of drug-likeness (QED) is 0.171. The van der Waals surface area contributed by atoms with Crippen LogP contribution < -0.4 is 14.4 Å². The summed E-state index contributed by atoms with van der Waals surface area (Å²) in [4.78, 5) is 13.5. The van der Waals surface area contributed by atoms with Crippen molar-refractivity contribution in [3.05, 3.63) is 319 Å². The summed E-state index contributed by atoms with van der Waals surface area (Å²) in [5.74, 6) is 3.01. The van der Waals surface area contributed by atoms with Gasteiger partial charge in [-0.05, 0) is 121 Å². The normalized spacial score (nSPS) is 13.3. The van der Waals surface area contributed by atoms with E-state index < -0.39 is 5.41 Å². The van der Waals surface area contributed by atoms with E-state index in [1.165, 1.54) is 21.5 Å². The summed E-state index contributed by atoms with van der Waals surface area (Å²) in [5.41, 5.74) is 20.3. The molecule has 6 aromatic heterocycles. The molecule has 21 rings (SSSR count). The van der Waals surface area contributed by atoms with Crippen molar-refractivity contribution >= 4 is 104 Å². The van der Waals surface area contributed by atoms with Crippen LogP contribution in [0, 0.1) is 11.3 Å². The Kier molecular flexibility index (Phi) is 10.2. The molecule has 436 valence electrons. The third kappa shape index (κ3) is 6.75. The number of aromatic nitrogens is 6. The van der Waals surface area contributed by atoms with Gasteiger partial charge in [0.15, 0.2) is 11.5 Å². The Balaban J connectivity index is 0.847. The number of anilines is 3. The molecule has 0 amide bonds. The molecule has 0 saturated heterocycles. The summed E-state index contributed by atoms with van der Waals surface area (Å²) in [5, 5.41) is 19.2. The van der Waals surface area contributed by atoms with Gasteiger partial charge in [-0.25, -0.2) is 0 Å². The number of nitriles is 1. The fourth-order valence-electron chi connectivity index (χ4n) is 16.3. The molecule has 0 fully saturated rings. The summed E-state index contributed by atoms with van der Waals surface area (Å²) < 4.78 is 23.6. The lowest BCUT2D eigenvalue weighted by atomic mass is 9.66. The molecule has 10 nitrogen and oxygen atoms in total. The molecule has 8 heterocycles. The molecule has 2 aliphatic heterocycles. The molecule has 1 spiro atoms. The van der Waals surface area contributed by atoms with Gasteiger partial charge in [-0.3, -0.25) is 9.97 Å². The van der Waals surface area contributed by atoms with Gasteiger partial charge in [-0.15, -0.1) is 0 Å². The lowest BCUT2D eigenvalue weighted by molar-refractivity contribution is 0.436. The monoisotopic (exact) mass is 1200 g/mol. The van der Waals surface area contributed by atoms with Crippen molar-refractivity contribution < 1.29 is 9.47 Å². The van der Waals surface area contributed by atoms with Crippen molar-refractivity contribution in [2.24, 2.45) is 0 Å². The van der Waals surface area contributed by atoms with Crippen molar-refractivity contribution in [3.8, 4) is 63.2 Å². The standard InChI is InChI=1S/C84H48N8O2/c85-47-50-33-39-74-62(41-50)60-21-5-11-27-72(60)88(74)52-34-37-64-80(45-52)94-81-46-53(89-73-28-12-6-22-61(73)63-42-51(36-40-75(63)89)90-76-29-13-15-31-78(76)93-79-32-16-14-30-77(79)90)35-38-65(81)84(64)66-43-54(91-68-23-7-1-17-56(68)57-18-2-8-24-69(57)91)48-86-82(66)83-67(84)44-55(49-87-83)92-70-25-9-3-19-58(70)59-20-4-10-26-71(59)92/h1-46,48-49H. The summed E-state index contributed by atoms with van der Waals surface area (Å²) in [7, 11) is 0. The Labute approximate surface area is 537 Å². The van der Waals surface area contributed by atoms with E-state index in [9.17, 15) is 5.26 Å². The van der Waals surface area contributed by atoms with Crippen LogP contribution in [-0.4, -0.2) is 28.2 Å². The molecule has 1 aliphatic carbocycles. The second-order valence-corrected chi connectivity index (χ2v) is 24.8. The average Bonchev–Trinajstić information content (AvgIpc) is 1.45. The average molecular weight is 1200 g/mol. The zero-order valence-electron chi connectivity index (χ0n) is 50.1. The highest BCUT2D eigenvalue weighted by atomic mass is 16.5. The highest BCUT2D eigenvalue weighted by Gasteiger charge is 2.53. The van der Waals surface area contributed by atoms with Crippen LogP contribution in [0.5, 0.6) is 23.0 Å². The van der Waals surface area contributed by atoms with Gasteiger partial charge in [0, 0.05) is 94.5 Å². The van der Waals surface area contributed by atoms with Gasteiger partial charge in [-0.1, -0.05) is 146 Å². The number of hydrogen-bond donors (Lipinski definition) is 0. The number of hydrogen-bond acceptors (Lipinski definition) is 6. The Morgan fingerprint density at radius 1 is 0.287 bits per heavy atom. The lowest BCUT2D eigenvalue weighted by Crippen LogP contribution is -2.32. The number of fused-ring (bicyclic) bond motifs is 23. The maximum atomic E-state index is 10.2. The first kappa shape index (κ1) is 50.8. The molecule has 12 aromatic carbocycles. The maximum Gasteiger partial charge on any atom is 0.151 e. The van der Waals surface area contributed by atoms with Gasteiger partial charge < -0.3 is 32.6 Å². The van der Waals surface area contributed by atoms with Crippen LogP contribution in [0.4, 0.5) is 17.1 Å². The third-order valence-corrected chi connectivity index (χ3v) is 20.1. The minimum absolute atomic E-state index is 0.609. The third-order valence-electron chi connectivity index (χ3n) is 20.1. The zero-order valence-corrected chi connectivity index (χ0v) is 50.1. The number of nitrogens with zero attached hydrogens (tertiary/aromatic N) is 8.